The van der Waals surface area contributed by atoms with E-state index >= 15 is 0 Å². The Morgan fingerprint density at radius 2 is 2.00 bits per heavy atom. The molecule has 0 aliphatic heterocycles. The molecule has 1 amide bonds. The topological polar surface area (TPSA) is 58.4 Å². The van der Waals surface area contributed by atoms with E-state index in [0.717, 1.165) is 30.0 Å². The lowest BCUT2D eigenvalue weighted by Crippen LogP contribution is -2.31. The maximum atomic E-state index is 11.8. The molecule has 18 heavy (non-hydrogen) atoms. The van der Waals surface area contributed by atoms with Gasteiger partial charge in [-0.1, -0.05) is 6.07 Å². The Kier molecular flexibility index (Phi) is 5.49. The highest BCUT2D eigenvalue weighted by Crippen LogP contribution is 2.19. The lowest BCUT2D eigenvalue weighted by Gasteiger charge is -2.19. The van der Waals surface area contributed by atoms with Crippen molar-refractivity contribution < 1.29 is 4.79 Å². The number of amides is 1. The Bertz CT molecular complexity index is 400. The average molecular weight is 249 g/mol. The minimum absolute atomic E-state index is 0.179. The van der Waals surface area contributed by atoms with Crippen molar-refractivity contribution >= 4 is 17.3 Å². The summed E-state index contributed by atoms with van der Waals surface area (Å²) >= 11 is 0. The molecule has 0 saturated carbocycles. The third kappa shape index (κ3) is 3.95. The predicted molar refractivity (Wildman–Crippen MR) is 76.6 cm³/mol. The molecule has 0 radical (unpaired) electrons. The van der Waals surface area contributed by atoms with Gasteiger partial charge < -0.3 is 16.0 Å². The molecule has 3 N–H and O–H groups in total. The Hall–Kier alpha value is -1.71. The fourth-order valence-electron chi connectivity index (χ4n) is 1.88. The summed E-state index contributed by atoms with van der Waals surface area (Å²) in [5.41, 5.74) is 8.65. The highest BCUT2D eigenvalue weighted by Gasteiger charge is 2.08. The highest BCUT2D eigenvalue weighted by atomic mass is 16.2. The quantitative estimate of drug-likeness (QED) is 0.760. The third-order valence-corrected chi connectivity index (χ3v) is 2.98. The first kappa shape index (κ1) is 14.4. The lowest BCUT2D eigenvalue weighted by molar-refractivity contribution is -0.130. The van der Waals surface area contributed by atoms with E-state index in [9.17, 15) is 4.79 Å². The number of nitrogens with one attached hydrogen (secondary N) is 1. The second kappa shape index (κ2) is 6.89. The van der Waals surface area contributed by atoms with Gasteiger partial charge in [0.2, 0.25) is 5.91 Å². The first-order valence-corrected chi connectivity index (χ1v) is 6.46. The fourth-order valence-corrected chi connectivity index (χ4v) is 1.88. The molecule has 0 unspecified atom stereocenters. The number of hydrogen-bond donors (Lipinski definition) is 2. The SMILES string of the molecule is CCN(CC)C(=O)CCNc1ccc(C)cc1N. The molecule has 0 heterocycles. The van der Waals surface area contributed by atoms with Crippen LogP contribution in [-0.2, 0) is 4.79 Å². The fraction of sp³-hybridized carbons (Fsp3) is 0.500. The molecule has 1 aromatic carbocycles. The van der Waals surface area contributed by atoms with Crippen LogP contribution in [0, 0.1) is 6.92 Å². The molecule has 0 aromatic heterocycles. The van der Waals surface area contributed by atoms with Crippen molar-refractivity contribution in [3.8, 4) is 0 Å². The number of nitrogen functional groups attached to an aromatic ring is 1. The summed E-state index contributed by atoms with van der Waals surface area (Å²) < 4.78 is 0. The molecule has 0 spiro atoms. The summed E-state index contributed by atoms with van der Waals surface area (Å²) in [6, 6.07) is 5.88. The van der Waals surface area contributed by atoms with Crippen molar-refractivity contribution in [1.29, 1.82) is 0 Å². The number of benzene rings is 1. The summed E-state index contributed by atoms with van der Waals surface area (Å²) in [6.07, 6.45) is 0.495. The molecule has 0 aliphatic carbocycles. The Balaban J connectivity index is 2.44. The van der Waals surface area contributed by atoms with E-state index in [1.165, 1.54) is 0 Å². The van der Waals surface area contributed by atoms with Crippen LogP contribution in [0.25, 0.3) is 0 Å². The van der Waals surface area contributed by atoms with Crippen molar-refractivity contribution in [2.75, 3.05) is 30.7 Å². The number of anilines is 2. The maximum absolute atomic E-state index is 11.8. The number of nitrogens with two attached hydrogens (primary N) is 1. The number of nitrogens with zero attached hydrogens (tertiary/aromatic N) is 1. The molecule has 0 aliphatic rings. The predicted octanol–water partition coefficient (Wildman–Crippen LogP) is 2.25. The molecule has 4 heteroatoms. The van der Waals surface area contributed by atoms with E-state index in [4.69, 9.17) is 5.73 Å². The van der Waals surface area contributed by atoms with E-state index in [1.54, 1.807) is 0 Å². The molecule has 4 nitrogen and oxygen atoms in total. The smallest absolute Gasteiger partial charge is 0.224 e. The van der Waals surface area contributed by atoms with Gasteiger partial charge in [0.1, 0.15) is 0 Å². The molecular formula is C14H23N3O. The maximum Gasteiger partial charge on any atom is 0.224 e. The molecule has 100 valence electrons. The molecule has 0 fully saturated rings. The van der Waals surface area contributed by atoms with Crippen LogP contribution in [0.2, 0.25) is 0 Å². The highest BCUT2D eigenvalue weighted by molar-refractivity contribution is 5.77. The second-order valence-electron chi connectivity index (χ2n) is 4.33. The van der Waals surface area contributed by atoms with Crippen LogP contribution in [0.4, 0.5) is 11.4 Å². The zero-order chi connectivity index (χ0) is 13.5. The minimum Gasteiger partial charge on any atom is -0.397 e. The summed E-state index contributed by atoms with van der Waals surface area (Å²) in [5, 5.41) is 3.20. The van der Waals surface area contributed by atoms with Crippen LogP contribution in [0.3, 0.4) is 0 Å². The Morgan fingerprint density at radius 3 is 2.56 bits per heavy atom. The van der Waals surface area contributed by atoms with Crippen LogP contribution in [0.1, 0.15) is 25.8 Å². The number of carbonyl (C=O) groups is 1. The number of rotatable bonds is 6. The first-order chi connectivity index (χ1) is 8.58. The van der Waals surface area contributed by atoms with Crippen LogP contribution < -0.4 is 11.1 Å². The van der Waals surface area contributed by atoms with E-state index in [1.807, 2.05) is 43.9 Å². The van der Waals surface area contributed by atoms with Crippen LogP contribution in [-0.4, -0.2) is 30.4 Å². The van der Waals surface area contributed by atoms with Gasteiger partial charge in [0.15, 0.2) is 0 Å². The van der Waals surface area contributed by atoms with Crippen molar-refractivity contribution in [3.05, 3.63) is 23.8 Å². The van der Waals surface area contributed by atoms with E-state index in [0.29, 0.717) is 13.0 Å². The van der Waals surface area contributed by atoms with Crippen LogP contribution in [0.15, 0.2) is 18.2 Å². The van der Waals surface area contributed by atoms with Gasteiger partial charge in [0, 0.05) is 26.1 Å². The number of carbonyl (C=O) groups excluding carboxylic acids is 1. The van der Waals surface area contributed by atoms with Gasteiger partial charge in [-0.15, -0.1) is 0 Å². The number of aryl methyl sites for hydroxylation is 1. The molecule has 1 rings (SSSR count). The van der Waals surface area contributed by atoms with Crippen molar-refractivity contribution in [2.24, 2.45) is 0 Å². The monoisotopic (exact) mass is 249 g/mol. The zero-order valence-electron chi connectivity index (χ0n) is 11.5. The van der Waals surface area contributed by atoms with E-state index in [2.05, 4.69) is 5.32 Å². The van der Waals surface area contributed by atoms with Crippen molar-refractivity contribution in [2.45, 2.75) is 27.2 Å². The van der Waals surface area contributed by atoms with Crippen molar-refractivity contribution in [3.63, 3.8) is 0 Å². The van der Waals surface area contributed by atoms with Gasteiger partial charge in [-0.05, 0) is 38.5 Å². The average Bonchev–Trinajstić information content (AvgIpc) is 2.33. The summed E-state index contributed by atoms with van der Waals surface area (Å²) in [7, 11) is 0. The Morgan fingerprint density at radius 1 is 1.33 bits per heavy atom. The lowest BCUT2D eigenvalue weighted by atomic mass is 10.2. The molecule has 0 bridgehead atoms. The van der Waals surface area contributed by atoms with Gasteiger partial charge in [-0.2, -0.15) is 0 Å². The Labute approximate surface area is 109 Å². The van der Waals surface area contributed by atoms with Gasteiger partial charge in [0.05, 0.1) is 11.4 Å². The normalized spacial score (nSPS) is 10.2. The standard InChI is InChI=1S/C14H23N3O/c1-4-17(5-2)14(18)8-9-16-13-7-6-11(3)10-12(13)15/h6-7,10,16H,4-5,8-9,15H2,1-3H3. The summed E-state index contributed by atoms with van der Waals surface area (Å²) in [5.74, 6) is 0.179. The van der Waals surface area contributed by atoms with E-state index in [-0.39, 0.29) is 5.91 Å². The molecule has 0 atom stereocenters. The minimum atomic E-state index is 0.179. The van der Waals surface area contributed by atoms with Crippen LogP contribution in [0.5, 0.6) is 0 Å². The largest absolute Gasteiger partial charge is 0.397 e. The summed E-state index contributed by atoms with van der Waals surface area (Å²) in [4.78, 5) is 13.6. The van der Waals surface area contributed by atoms with Gasteiger partial charge in [-0.25, -0.2) is 0 Å². The molecule has 1 aromatic rings. The van der Waals surface area contributed by atoms with Crippen LogP contribution >= 0.6 is 0 Å². The van der Waals surface area contributed by atoms with Gasteiger partial charge in [0.25, 0.3) is 0 Å². The van der Waals surface area contributed by atoms with Gasteiger partial charge in [-0.3, -0.25) is 4.79 Å². The second-order valence-corrected chi connectivity index (χ2v) is 4.33. The number of hydrogen-bond acceptors (Lipinski definition) is 3. The zero-order valence-corrected chi connectivity index (χ0v) is 11.5. The van der Waals surface area contributed by atoms with Gasteiger partial charge >= 0.3 is 0 Å². The summed E-state index contributed by atoms with van der Waals surface area (Å²) in [6.45, 7) is 8.14. The third-order valence-electron chi connectivity index (χ3n) is 2.98. The first-order valence-electron chi connectivity index (χ1n) is 6.46. The molecule has 0 saturated heterocycles. The van der Waals surface area contributed by atoms with E-state index < -0.39 is 0 Å². The van der Waals surface area contributed by atoms with Crippen molar-refractivity contribution in [1.82, 2.24) is 4.90 Å². The molecular weight excluding hydrogens is 226 g/mol.